The molecule has 5 nitrogen and oxygen atoms in total. The Balaban J connectivity index is 1.94. The summed E-state index contributed by atoms with van der Waals surface area (Å²) in [6.07, 6.45) is 2.43. The third-order valence-electron chi connectivity index (χ3n) is 2.65. The molecule has 1 amide bonds. The number of aliphatic hydroxyl groups excluding tert-OH is 1. The Labute approximate surface area is 111 Å². The van der Waals surface area contributed by atoms with Crippen molar-refractivity contribution in [2.45, 2.75) is 13.0 Å². The SMILES string of the molecule is Cc1cccc(C(=O)NC[C@H](O)c2cccnc2)n1. The first kappa shape index (κ1) is 13.2. The minimum absolute atomic E-state index is 0.125. The van der Waals surface area contributed by atoms with Crippen molar-refractivity contribution >= 4 is 5.91 Å². The Hall–Kier alpha value is -2.27. The number of rotatable bonds is 4. The van der Waals surface area contributed by atoms with Crippen LogP contribution in [0.15, 0.2) is 42.7 Å². The van der Waals surface area contributed by atoms with Crippen LogP contribution in [0.1, 0.15) is 27.8 Å². The van der Waals surface area contributed by atoms with Crippen LogP contribution in [0.3, 0.4) is 0 Å². The van der Waals surface area contributed by atoms with Gasteiger partial charge >= 0.3 is 0 Å². The number of carbonyl (C=O) groups is 1. The van der Waals surface area contributed by atoms with E-state index < -0.39 is 6.10 Å². The molecule has 0 aliphatic rings. The van der Waals surface area contributed by atoms with E-state index in [-0.39, 0.29) is 12.5 Å². The third kappa shape index (κ3) is 3.59. The Morgan fingerprint density at radius 2 is 2.21 bits per heavy atom. The van der Waals surface area contributed by atoms with Crippen molar-refractivity contribution in [3.63, 3.8) is 0 Å². The summed E-state index contributed by atoms with van der Waals surface area (Å²) in [6.45, 7) is 1.95. The lowest BCUT2D eigenvalue weighted by Gasteiger charge is -2.11. The fraction of sp³-hybridized carbons (Fsp3) is 0.214. The van der Waals surface area contributed by atoms with Crippen molar-refractivity contribution in [1.82, 2.24) is 15.3 Å². The van der Waals surface area contributed by atoms with Gasteiger partial charge in [0.05, 0.1) is 6.10 Å². The van der Waals surface area contributed by atoms with E-state index in [2.05, 4.69) is 15.3 Å². The predicted octanol–water partition coefficient (Wildman–Crippen LogP) is 1.25. The number of aliphatic hydroxyl groups is 1. The average Bonchev–Trinajstić information content (AvgIpc) is 2.45. The number of hydrogen-bond donors (Lipinski definition) is 2. The first-order chi connectivity index (χ1) is 9.16. The second-order valence-corrected chi connectivity index (χ2v) is 4.18. The van der Waals surface area contributed by atoms with E-state index >= 15 is 0 Å². The van der Waals surface area contributed by atoms with Crippen LogP contribution >= 0.6 is 0 Å². The number of aryl methyl sites for hydroxylation is 1. The predicted molar refractivity (Wildman–Crippen MR) is 70.5 cm³/mol. The van der Waals surface area contributed by atoms with Crippen LogP contribution in [-0.2, 0) is 0 Å². The van der Waals surface area contributed by atoms with Gasteiger partial charge in [0, 0.05) is 30.2 Å². The standard InChI is InChI=1S/C14H15N3O2/c1-10-4-2-6-12(17-10)14(19)16-9-13(18)11-5-3-7-15-8-11/h2-8,13,18H,9H2,1H3,(H,16,19)/t13-/m0/s1. The molecule has 0 saturated heterocycles. The Morgan fingerprint density at radius 3 is 2.89 bits per heavy atom. The molecular formula is C14H15N3O2. The van der Waals surface area contributed by atoms with Gasteiger partial charge in [-0.25, -0.2) is 4.98 Å². The molecule has 0 fully saturated rings. The van der Waals surface area contributed by atoms with Gasteiger partial charge in [0.15, 0.2) is 0 Å². The monoisotopic (exact) mass is 257 g/mol. The highest BCUT2D eigenvalue weighted by Crippen LogP contribution is 2.09. The highest BCUT2D eigenvalue weighted by atomic mass is 16.3. The van der Waals surface area contributed by atoms with Crippen LogP contribution in [0.5, 0.6) is 0 Å². The minimum atomic E-state index is -0.776. The number of nitrogens with zero attached hydrogens (tertiary/aromatic N) is 2. The lowest BCUT2D eigenvalue weighted by atomic mass is 10.1. The molecule has 2 N–H and O–H groups in total. The molecule has 19 heavy (non-hydrogen) atoms. The van der Waals surface area contributed by atoms with Gasteiger partial charge in [0.25, 0.3) is 5.91 Å². The van der Waals surface area contributed by atoms with E-state index in [9.17, 15) is 9.90 Å². The number of amides is 1. The van der Waals surface area contributed by atoms with Crippen molar-refractivity contribution in [2.24, 2.45) is 0 Å². The van der Waals surface area contributed by atoms with Gasteiger partial charge in [0.2, 0.25) is 0 Å². The van der Waals surface area contributed by atoms with Crippen molar-refractivity contribution in [2.75, 3.05) is 6.54 Å². The number of carbonyl (C=O) groups excluding carboxylic acids is 1. The van der Waals surface area contributed by atoms with E-state index in [1.165, 1.54) is 0 Å². The van der Waals surface area contributed by atoms with E-state index in [0.717, 1.165) is 5.69 Å². The first-order valence-corrected chi connectivity index (χ1v) is 5.96. The largest absolute Gasteiger partial charge is 0.387 e. The molecule has 98 valence electrons. The van der Waals surface area contributed by atoms with Crippen molar-refractivity contribution < 1.29 is 9.90 Å². The maximum atomic E-state index is 11.8. The molecule has 0 radical (unpaired) electrons. The summed E-state index contributed by atoms with van der Waals surface area (Å²) in [5.41, 5.74) is 1.79. The van der Waals surface area contributed by atoms with Gasteiger partial charge in [-0.15, -0.1) is 0 Å². The number of hydrogen-bond acceptors (Lipinski definition) is 4. The van der Waals surface area contributed by atoms with Gasteiger partial charge in [-0.05, 0) is 25.1 Å². The maximum Gasteiger partial charge on any atom is 0.269 e. The highest BCUT2D eigenvalue weighted by Gasteiger charge is 2.11. The van der Waals surface area contributed by atoms with Gasteiger partial charge in [-0.3, -0.25) is 9.78 Å². The molecule has 2 aromatic rings. The quantitative estimate of drug-likeness (QED) is 0.864. The van der Waals surface area contributed by atoms with Crippen LogP contribution < -0.4 is 5.32 Å². The summed E-state index contributed by atoms with van der Waals surface area (Å²) >= 11 is 0. The third-order valence-corrected chi connectivity index (χ3v) is 2.65. The van der Waals surface area contributed by atoms with Crippen molar-refractivity contribution in [3.8, 4) is 0 Å². The Morgan fingerprint density at radius 1 is 1.37 bits per heavy atom. The fourth-order valence-electron chi connectivity index (χ4n) is 1.64. The molecule has 0 spiro atoms. The molecule has 0 bridgehead atoms. The molecule has 0 aromatic carbocycles. The van der Waals surface area contributed by atoms with Gasteiger partial charge < -0.3 is 10.4 Å². The maximum absolute atomic E-state index is 11.8. The zero-order valence-corrected chi connectivity index (χ0v) is 10.6. The average molecular weight is 257 g/mol. The summed E-state index contributed by atoms with van der Waals surface area (Å²) in [5, 5.41) is 12.5. The van der Waals surface area contributed by atoms with E-state index in [4.69, 9.17) is 0 Å². The molecule has 0 unspecified atom stereocenters. The minimum Gasteiger partial charge on any atom is -0.387 e. The van der Waals surface area contributed by atoms with Gasteiger partial charge in [-0.2, -0.15) is 0 Å². The lowest BCUT2D eigenvalue weighted by molar-refractivity contribution is 0.0911. The Bertz CT molecular complexity index is 558. The second-order valence-electron chi connectivity index (χ2n) is 4.18. The van der Waals surface area contributed by atoms with Crippen LogP contribution in [0.2, 0.25) is 0 Å². The summed E-state index contributed by atoms with van der Waals surface area (Å²) in [4.78, 5) is 19.9. The Kier molecular flexibility index (Phi) is 4.20. The number of nitrogens with one attached hydrogen (secondary N) is 1. The number of pyridine rings is 2. The summed E-state index contributed by atoms with van der Waals surface area (Å²) in [7, 11) is 0. The molecule has 2 heterocycles. The van der Waals surface area contributed by atoms with E-state index in [1.54, 1.807) is 36.7 Å². The van der Waals surface area contributed by atoms with Crippen LogP contribution in [0, 0.1) is 6.92 Å². The molecular weight excluding hydrogens is 242 g/mol. The van der Waals surface area contributed by atoms with E-state index in [0.29, 0.717) is 11.3 Å². The van der Waals surface area contributed by atoms with Crippen LogP contribution in [-0.4, -0.2) is 27.5 Å². The number of aromatic nitrogens is 2. The molecule has 2 rings (SSSR count). The molecule has 1 atom stereocenters. The topological polar surface area (TPSA) is 75.1 Å². The molecule has 0 aliphatic heterocycles. The first-order valence-electron chi connectivity index (χ1n) is 5.96. The zero-order chi connectivity index (χ0) is 13.7. The second kappa shape index (κ2) is 6.06. The molecule has 0 saturated carbocycles. The summed E-state index contributed by atoms with van der Waals surface area (Å²) < 4.78 is 0. The summed E-state index contributed by atoms with van der Waals surface area (Å²) in [5.74, 6) is -0.299. The van der Waals surface area contributed by atoms with Gasteiger partial charge in [-0.1, -0.05) is 12.1 Å². The van der Waals surface area contributed by atoms with Crippen LogP contribution in [0.25, 0.3) is 0 Å². The zero-order valence-electron chi connectivity index (χ0n) is 10.6. The lowest BCUT2D eigenvalue weighted by Crippen LogP contribution is -2.29. The summed E-state index contributed by atoms with van der Waals surface area (Å²) in [6, 6.07) is 8.73. The van der Waals surface area contributed by atoms with Crippen LogP contribution in [0.4, 0.5) is 0 Å². The van der Waals surface area contributed by atoms with Gasteiger partial charge in [0.1, 0.15) is 5.69 Å². The smallest absolute Gasteiger partial charge is 0.269 e. The highest BCUT2D eigenvalue weighted by molar-refractivity contribution is 5.92. The van der Waals surface area contributed by atoms with Crippen molar-refractivity contribution in [3.05, 3.63) is 59.7 Å². The fourth-order valence-corrected chi connectivity index (χ4v) is 1.64. The molecule has 0 aliphatic carbocycles. The van der Waals surface area contributed by atoms with E-state index in [1.807, 2.05) is 13.0 Å². The molecule has 2 aromatic heterocycles. The van der Waals surface area contributed by atoms with Crippen molar-refractivity contribution in [1.29, 1.82) is 0 Å². The molecule has 5 heteroatoms. The normalized spacial score (nSPS) is 11.9.